The van der Waals surface area contributed by atoms with Crippen LogP contribution >= 0.6 is 15.9 Å². The van der Waals surface area contributed by atoms with Crippen LogP contribution in [0.4, 0.5) is 0 Å². The summed E-state index contributed by atoms with van der Waals surface area (Å²) in [6.07, 6.45) is 1.20. The summed E-state index contributed by atoms with van der Waals surface area (Å²) in [5.41, 5.74) is 2.69. The highest BCUT2D eigenvalue weighted by molar-refractivity contribution is 9.10. The third-order valence-corrected chi connectivity index (χ3v) is 3.85. The summed E-state index contributed by atoms with van der Waals surface area (Å²) in [6.45, 7) is 9.86. The van der Waals surface area contributed by atoms with Crippen molar-refractivity contribution in [3.8, 4) is 0 Å². The van der Waals surface area contributed by atoms with Crippen LogP contribution in [0.3, 0.4) is 0 Å². The van der Waals surface area contributed by atoms with Gasteiger partial charge in [0.25, 0.3) is 0 Å². The van der Waals surface area contributed by atoms with Gasteiger partial charge in [0.2, 0.25) is 0 Å². The molecule has 0 saturated carbocycles. The lowest BCUT2D eigenvalue weighted by Gasteiger charge is -2.26. The van der Waals surface area contributed by atoms with Gasteiger partial charge >= 0.3 is 0 Å². The van der Waals surface area contributed by atoms with Gasteiger partial charge in [0.1, 0.15) is 0 Å². The number of hydrogen-bond acceptors (Lipinski definition) is 2. The number of nitrogens with one attached hydrogen (secondary N) is 1. The predicted molar refractivity (Wildman–Crippen MR) is 82.7 cm³/mol. The van der Waals surface area contributed by atoms with E-state index < -0.39 is 0 Å². The van der Waals surface area contributed by atoms with Crippen molar-refractivity contribution >= 4 is 15.9 Å². The smallest absolute Gasteiger partial charge is 0.0247 e. The van der Waals surface area contributed by atoms with E-state index in [0.29, 0.717) is 6.04 Å². The van der Waals surface area contributed by atoms with Crippen LogP contribution in [-0.4, -0.2) is 24.5 Å². The molecule has 0 spiro atoms. The van der Waals surface area contributed by atoms with E-state index in [1.807, 2.05) is 7.05 Å². The van der Waals surface area contributed by atoms with Crippen molar-refractivity contribution in [3.05, 3.63) is 33.8 Å². The molecule has 0 aliphatic heterocycles. The first kappa shape index (κ1) is 15.7. The van der Waals surface area contributed by atoms with Gasteiger partial charge in [0, 0.05) is 23.6 Å². The maximum Gasteiger partial charge on any atom is 0.0247 e. The van der Waals surface area contributed by atoms with Gasteiger partial charge in [-0.3, -0.25) is 4.90 Å². The number of rotatable bonds is 7. The Morgan fingerprint density at radius 2 is 2.06 bits per heavy atom. The molecule has 0 aliphatic rings. The monoisotopic (exact) mass is 312 g/mol. The summed E-state index contributed by atoms with van der Waals surface area (Å²) in [5.74, 6) is 0. The van der Waals surface area contributed by atoms with Gasteiger partial charge in [-0.1, -0.05) is 35.0 Å². The molecule has 1 aromatic carbocycles. The van der Waals surface area contributed by atoms with E-state index in [9.17, 15) is 0 Å². The highest BCUT2D eigenvalue weighted by atomic mass is 79.9. The number of hydrogen-bond donors (Lipinski definition) is 1. The standard InChI is InChI=1S/C15H25BrN2/c1-5-8-18(12(2)3)11-14-7-6-13(10-17-4)9-15(14)16/h6-7,9,12,17H,5,8,10-11H2,1-4H3. The second-order valence-corrected chi connectivity index (χ2v) is 5.87. The predicted octanol–water partition coefficient (Wildman–Crippen LogP) is 3.79. The van der Waals surface area contributed by atoms with Crippen molar-refractivity contribution in [2.45, 2.75) is 46.3 Å². The molecule has 0 saturated heterocycles. The Balaban J connectivity index is 2.76. The van der Waals surface area contributed by atoms with Gasteiger partial charge in [-0.05, 0) is 51.1 Å². The van der Waals surface area contributed by atoms with Crippen LogP contribution in [0.25, 0.3) is 0 Å². The SMILES string of the molecule is CCCN(Cc1ccc(CNC)cc1Br)C(C)C. The molecule has 2 nitrogen and oxygen atoms in total. The summed E-state index contributed by atoms with van der Waals surface area (Å²) < 4.78 is 1.22. The quantitative estimate of drug-likeness (QED) is 0.824. The Kier molecular flexibility index (Phi) is 6.90. The van der Waals surface area contributed by atoms with Gasteiger partial charge in [-0.15, -0.1) is 0 Å². The van der Waals surface area contributed by atoms with Gasteiger partial charge in [0.05, 0.1) is 0 Å². The molecule has 0 bridgehead atoms. The summed E-state index contributed by atoms with van der Waals surface area (Å²) in [5, 5.41) is 3.18. The molecule has 0 radical (unpaired) electrons. The highest BCUT2D eigenvalue weighted by Crippen LogP contribution is 2.21. The second kappa shape index (κ2) is 7.93. The van der Waals surface area contributed by atoms with Crippen molar-refractivity contribution in [3.63, 3.8) is 0 Å². The number of benzene rings is 1. The van der Waals surface area contributed by atoms with Crippen molar-refractivity contribution in [2.24, 2.45) is 0 Å². The Morgan fingerprint density at radius 1 is 1.33 bits per heavy atom. The fraction of sp³-hybridized carbons (Fsp3) is 0.600. The largest absolute Gasteiger partial charge is 0.316 e. The molecule has 1 aromatic rings. The molecule has 0 atom stereocenters. The molecule has 18 heavy (non-hydrogen) atoms. The van der Waals surface area contributed by atoms with E-state index in [-0.39, 0.29) is 0 Å². The lowest BCUT2D eigenvalue weighted by Crippen LogP contribution is -2.31. The molecule has 1 N–H and O–H groups in total. The van der Waals surface area contributed by atoms with E-state index in [4.69, 9.17) is 0 Å². The molecule has 0 unspecified atom stereocenters. The first-order chi connectivity index (χ1) is 8.58. The van der Waals surface area contributed by atoms with Gasteiger partial charge in [0.15, 0.2) is 0 Å². The van der Waals surface area contributed by atoms with Crippen LogP contribution in [-0.2, 0) is 13.1 Å². The van der Waals surface area contributed by atoms with Crippen LogP contribution < -0.4 is 5.32 Å². The first-order valence-electron chi connectivity index (χ1n) is 6.74. The average molecular weight is 313 g/mol. The van der Waals surface area contributed by atoms with E-state index >= 15 is 0 Å². The average Bonchev–Trinajstić information content (AvgIpc) is 2.31. The zero-order chi connectivity index (χ0) is 13.5. The van der Waals surface area contributed by atoms with E-state index in [1.165, 1.54) is 22.0 Å². The fourth-order valence-corrected chi connectivity index (χ4v) is 2.61. The molecule has 1 rings (SSSR count). The molecule has 0 fully saturated rings. The maximum atomic E-state index is 3.69. The second-order valence-electron chi connectivity index (χ2n) is 5.02. The normalized spacial score (nSPS) is 11.5. The summed E-state index contributed by atoms with van der Waals surface area (Å²) >= 11 is 3.69. The Labute approximate surface area is 120 Å². The summed E-state index contributed by atoms with van der Waals surface area (Å²) in [6, 6.07) is 7.26. The minimum atomic E-state index is 0.592. The Bertz CT molecular complexity index is 364. The lowest BCUT2D eigenvalue weighted by molar-refractivity contribution is 0.213. The van der Waals surface area contributed by atoms with Crippen molar-refractivity contribution in [1.29, 1.82) is 0 Å². The Morgan fingerprint density at radius 3 is 2.56 bits per heavy atom. The van der Waals surface area contributed by atoms with E-state index in [2.05, 4.69) is 65.1 Å². The zero-order valence-corrected chi connectivity index (χ0v) is 13.5. The van der Waals surface area contributed by atoms with Crippen LogP contribution in [0.2, 0.25) is 0 Å². The molecule has 0 aliphatic carbocycles. The van der Waals surface area contributed by atoms with Gasteiger partial charge < -0.3 is 5.32 Å². The summed E-state index contributed by atoms with van der Waals surface area (Å²) in [4.78, 5) is 2.51. The fourth-order valence-electron chi connectivity index (χ4n) is 2.06. The molecule has 102 valence electrons. The topological polar surface area (TPSA) is 15.3 Å². The lowest BCUT2D eigenvalue weighted by atomic mass is 10.1. The molecule has 0 heterocycles. The summed E-state index contributed by atoms with van der Waals surface area (Å²) in [7, 11) is 1.98. The Hall–Kier alpha value is -0.380. The van der Waals surface area contributed by atoms with Crippen LogP contribution in [0.5, 0.6) is 0 Å². The zero-order valence-electron chi connectivity index (χ0n) is 12.0. The van der Waals surface area contributed by atoms with Crippen LogP contribution in [0, 0.1) is 0 Å². The number of nitrogens with zero attached hydrogens (tertiary/aromatic N) is 1. The van der Waals surface area contributed by atoms with Crippen molar-refractivity contribution in [2.75, 3.05) is 13.6 Å². The van der Waals surface area contributed by atoms with Crippen molar-refractivity contribution < 1.29 is 0 Å². The minimum Gasteiger partial charge on any atom is -0.316 e. The highest BCUT2D eigenvalue weighted by Gasteiger charge is 2.11. The van der Waals surface area contributed by atoms with E-state index in [1.54, 1.807) is 0 Å². The van der Waals surface area contributed by atoms with Gasteiger partial charge in [-0.25, -0.2) is 0 Å². The van der Waals surface area contributed by atoms with Gasteiger partial charge in [-0.2, -0.15) is 0 Å². The molecule has 3 heteroatoms. The number of halogens is 1. The van der Waals surface area contributed by atoms with Crippen molar-refractivity contribution in [1.82, 2.24) is 10.2 Å². The molecular formula is C15H25BrN2. The molecular weight excluding hydrogens is 288 g/mol. The molecule has 0 amide bonds. The third kappa shape index (κ3) is 4.71. The van der Waals surface area contributed by atoms with E-state index in [0.717, 1.165) is 19.6 Å². The minimum absolute atomic E-state index is 0.592. The molecule has 0 aromatic heterocycles. The third-order valence-electron chi connectivity index (χ3n) is 3.11. The van der Waals surface area contributed by atoms with Crippen LogP contribution in [0.15, 0.2) is 22.7 Å². The van der Waals surface area contributed by atoms with Crippen LogP contribution in [0.1, 0.15) is 38.3 Å². The maximum absolute atomic E-state index is 3.69. The first-order valence-corrected chi connectivity index (χ1v) is 7.53.